The van der Waals surface area contributed by atoms with E-state index in [-0.39, 0.29) is 0 Å². The van der Waals surface area contributed by atoms with Crippen molar-refractivity contribution in [3.8, 4) is 0 Å². The second kappa shape index (κ2) is 5.59. The number of fused-ring (bicyclic) bond motifs is 1. The monoisotopic (exact) mass is 354 g/mol. The van der Waals surface area contributed by atoms with E-state index in [1.165, 1.54) is 53.0 Å². The highest BCUT2D eigenvalue weighted by molar-refractivity contribution is 14.1. The van der Waals surface area contributed by atoms with Gasteiger partial charge in [0.05, 0.1) is 11.7 Å². The van der Waals surface area contributed by atoms with Crippen LogP contribution in [0.5, 0.6) is 0 Å². The van der Waals surface area contributed by atoms with Crippen molar-refractivity contribution >= 4 is 33.5 Å². The maximum atomic E-state index is 4.53. The summed E-state index contributed by atoms with van der Waals surface area (Å²) in [6.07, 6.45) is 10.5. The van der Waals surface area contributed by atoms with E-state index in [1.54, 1.807) is 0 Å². The molecule has 0 unspecified atom stereocenters. The van der Waals surface area contributed by atoms with Gasteiger partial charge >= 0.3 is 0 Å². The van der Waals surface area contributed by atoms with Gasteiger partial charge in [0.25, 0.3) is 0 Å². The zero-order valence-electron chi connectivity index (χ0n) is 10.6. The van der Waals surface area contributed by atoms with Crippen molar-refractivity contribution in [1.82, 2.24) is 9.78 Å². The van der Waals surface area contributed by atoms with Gasteiger partial charge < -0.3 is 0 Å². The molecule has 1 aromatic heterocycles. The van der Waals surface area contributed by atoms with Gasteiger partial charge in [-0.15, -0.1) is 0 Å². The van der Waals surface area contributed by atoms with Crippen molar-refractivity contribution in [2.75, 3.05) is 0 Å². The molecule has 0 amide bonds. The Labute approximate surface area is 122 Å². The zero-order chi connectivity index (χ0) is 12.4. The molecule has 2 nitrogen and oxygen atoms in total. The van der Waals surface area contributed by atoms with Crippen LogP contribution in [0.4, 0.5) is 0 Å². The van der Waals surface area contributed by atoms with Gasteiger partial charge in [0.2, 0.25) is 0 Å². The maximum Gasteiger partial charge on any atom is 0.0692 e. The van der Waals surface area contributed by atoms with E-state index < -0.39 is 0 Å². The highest BCUT2D eigenvalue weighted by atomic mass is 127. The fourth-order valence-corrected chi connectivity index (χ4v) is 3.48. The Morgan fingerprint density at radius 3 is 2.89 bits per heavy atom. The van der Waals surface area contributed by atoms with E-state index in [1.807, 2.05) is 6.20 Å². The van der Waals surface area contributed by atoms with Crippen LogP contribution >= 0.6 is 22.6 Å². The molecule has 18 heavy (non-hydrogen) atoms. The second-order valence-electron chi connectivity index (χ2n) is 5.36. The van der Waals surface area contributed by atoms with Gasteiger partial charge in [0.1, 0.15) is 0 Å². The number of hydrogen-bond acceptors (Lipinski definition) is 1. The Bertz CT molecular complexity index is 526. The molecule has 0 aliphatic heterocycles. The molecule has 0 atom stereocenters. The molecule has 0 spiro atoms. The first-order valence-electron chi connectivity index (χ1n) is 6.94. The third kappa shape index (κ3) is 2.71. The molecule has 3 rings (SSSR count). The molecule has 0 N–H and O–H groups in total. The number of aryl methyl sites for hydroxylation is 1. The molecule has 3 heteroatoms. The lowest BCUT2D eigenvalue weighted by Gasteiger charge is -2.21. The number of aromatic nitrogens is 2. The Morgan fingerprint density at radius 2 is 2.06 bits per heavy atom. The fourth-order valence-electron chi connectivity index (χ4n) is 3.00. The first kappa shape index (κ1) is 12.5. The summed E-state index contributed by atoms with van der Waals surface area (Å²) in [7, 11) is 0. The smallest absolute Gasteiger partial charge is 0.0692 e. The van der Waals surface area contributed by atoms with Gasteiger partial charge in [-0.2, -0.15) is 5.10 Å². The predicted molar refractivity (Wildman–Crippen MR) is 83.6 cm³/mol. The van der Waals surface area contributed by atoms with Gasteiger partial charge in [0, 0.05) is 15.5 Å². The van der Waals surface area contributed by atoms with Gasteiger partial charge in [-0.1, -0.05) is 38.2 Å². The summed E-state index contributed by atoms with van der Waals surface area (Å²) < 4.78 is 3.48. The lowest BCUT2D eigenvalue weighted by molar-refractivity contribution is 0.320. The van der Waals surface area contributed by atoms with Crippen LogP contribution in [0.3, 0.4) is 0 Å². The van der Waals surface area contributed by atoms with Crippen molar-refractivity contribution < 1.29 is 0 Å². The van der Waals surface area contributed by atoms with Crippen LogP contribution in [0.1, 0.15) is 38.5 Å². The summed E-state index contributed by atoms with van der Waals surface area (Å²) >= 11 is 2.37. The molecule has 1 fully saturated rings. The quantitative estimate of drug-likeness (QED) is 0.736. The highest BCUT2D eigenvalue weighted by Crippen LogP contribution is 2.27. The minimum atomic E-state index is 0.931. The van der Waals surface area contributed by atoms with E-state index >= 15 is 0 Å². The molecule has 1 heterocycles. The topological polar surface area (TPSA) is 17.8 Å². The largest absolute Gasteiger partial charge is 0.265 e. The molecular formula is C15H19IN2. The summed E-state index contributed by atoms with van der Waals surface area (Å²) in [4.78, 5) is 0. The van der Waals surface area contributed by atoms with Crippen LogP contribution in [0, 0.1) is 9.49 Å². The van der Waals surface area contributed by atoms with Crippen LogP contribution in [0.25, 0.3) is 10.9 Å². The third-order valence-corrected chi connectivity index (χ3v) is 4.75. The Kier molecular flexibility index (Phi) is 3.87. The first-order valence-corrected chi connectivity index (χ1v) is 8.02. The van der Waals surface area contributed by atoms with Crippen molar-refractivity contribution in [3.05, 3.63) is 28.0 Å². The summed E-state index contributed by atoms with van der Waals surface area (Å²) in [5.41, 5.74) is 1.29. The molecule has 1 aromatic carbocycles. The van der Waals surface area contributed by atoms with Gasteiger partial charge in [-0.3, -0.25) is 4.68 Å². The molecule has 0 radical (unpaired) electrons. The van der Waals surface area contributed by atoms with Crippen molar-refractivity contribution in [3.63, 3.8) is 0 Å². The Morgan fingerprint density at radius 1 is 1.22 bits per heavy atom. The van der Waals surface area contributed by atoms with E-state index in [0.29, 0.717) is 0 Å². The van der Waals surface area contributed by atoms with Crippen LogP contribution in [-0.2, 0) is 6.54 Å². The maximum absolute atomic E-state index is 4.53. The lowest BCUT2D eigenvalue weighted by Crippen LogP contribution is -2.10. The van der Waals surface area contributed by atoms with Gasteiger partial charge in [-0.25, -0.2) is 0 Å². The van der Waals surface area contributed by atoms with Gasteiger partial charge in [0.15, 0.2) is 0 Å². The van der Waals surface area contributed by atoms with E-state index in [4.69, 9.17) is 0 Å². The second-order valence-corrected chi connectivity index (χ2v) is 6.61. The lowest BCUT2D eigenvalue weighted by atomic mass is 9.87. The summed E-state index contributed by atoms with van der Waals surface area (Å²) in [5.74, 6) is 0.931. The first-order chi connectivity index (χ1) is 8.83. The number of hydrogen-bond donors (Lipinski definition) is 0. The summed E-state index contributed by atoms with van der Waals surface area (Å²) in [5, 5.41) is 5.80. The fraction of sp³-hybridized carbons (Fsp3) is 0.533. The molecule has 96 valence electrons. The average Bonchev–Trinajstić information content (AvgIpc) is 2.80. The van der Waals surface area contributed by atoms with Crippen molar-refractivity contribution in [2.45, 2.75) is 45.1 Å². The predicted octanol–water partition coefficient (Wildman–Crippen LogP) is 4.61. The average molecular weight is 354 g/mol. The molecule has 2 aromatic rings. The van der Waals surface area contributed by atoms with Crippen molar-refractivity contribution in [1.29, 1.82) is 0 Å². The summed E-state index contributed by atoms with van der Waals surface area (Å²) in [6, 6.07) is 6.56. The number of benzene rings is 1. The minimum Gasteiger partial charge on any atom is -0.265 e. The molecular weight excluding hydrogens is 335 g/mol. The van der Waals surface area contributed by atoms with Crippen LogP contribution in [0.2, 0.25) is 0 Å². The van der Waals surface area contributed by atoms with E-state index in [9.17, 15) is 0 Å². The van der Waals surface area contributed by atoms with Crippen LogP contribution in [0.15, 0.2) is 24.4 Å². The van der Waals surface area contributed by atoms with E-state index in [0.717, 1.165) is 12.5 Å². The van der Waals surface area contributed by atoms with Crippen LogP contribution < -0.4 is 0 Å². The molecule has 0 saturated heterocycles. The molecule has 1 aliphatic carbocycles. The van der Waals surface area contributed by atoms with Crippen molar-refractivity contribution in [2.24, 2.45) is 5.92 Å². The standard InChI is InChI=1S/C15H19IN2/c16-14-7-6-13-11-17-18(15(13)10-14)9-8-12-4-2-1-3-5-12/h6-7,10-12H,1-5,8-9H2. The number of rotatable bonds is 3. The zero-order valence-corrected chi connectivity index (χ0v) is 12.8. The summed E-state index contributed by atoms with van der Waals surface area (Å²) in [6.45, 7) is 1.08. The number of halogens is 1. The highest BCUT2D eigenvalue weighted by Gasteiger charge is 2.13. The van der Waals surface area contributed by atoms with Gasteiger partial charge in [-0.05, 0) is 47.1 Å². The molecule has 1 aliphatic rings. The van der Waals surface area contributed by atoms with Crippen LogP contribution in [-0.4, -0.2) is 9.78 Å². The SMILES string of the molecule is Ic1ccc2cnn(CCC3CCCCC3)c2c1. The molecule has 0 bridgehead atoms. The number of nitrogens with zero attached hydrogens (tertiary/aromatic N) is 2. The molecule has 1 saturated carbocycles. The minimum absolute atomic E-state index is 0.931. The third-order valence-electron chi connectivity index (χ3n) is 4.08. The van der Waals surface area contributed by atoms with E-state index in [2.05, 4.69) is 50.6 Å². The Balaban J connectivity index is 1.72. The Hall–Kier alpha value is -0.580. The normalized spacial score (nSPS) is 17.4.